The van der Waals surface area contributed by atoms with Crippen LogP contribution in [0.15, 0.2) is 85.1 Å². The number of nitrogens with zero attached hydrogens (tertiary/aromatic N) is 2. The highest BCUT2D eigenvalue weighted by Crippen LogP contribution is 2.24. The van der Waals surface area contributed by atoms with Gasteiger partial charge >= 0.3 is 0 Å². The van der Waals surface area contributed by atoms with Crippen molar-refractivity contribution in [3.63, 3.8) is 0 Å². The summed E-state index contributed by atoms with van der Waals surface area (Å²) < 4.78 is 25.5. The van der Waals surface area contributed by atoms with E-state index in [0.29, 0.717) is 18.7 Å². The van der Waals surface area contributed by atoms with E-state index in [0.717, 1.165) is 16.8 Å². The standard InChI is InChI=1S/C24H23N3O3S/c28-23(26-24(20-7-2-1-3-8-20)22-9-4-5-16-25-22)15-12-19-10-13-21(14-11-19)27-17-6-18-31(27,29)30/h1-5,7-16,24H,6,17-18H2,(H,26,28)/b15-12+. The monoisotopic (exact) mass is 433 g/mol. The van der Waals surface area contributed by atoms with Crippen LogP contribution in [0.5, 0.6) is 0 Å². The molecule has 0 radical (unpaired) electrons. The van der Waals surface area contributed by atoms with Crippen LogP contribution in [0.25, 0.3) is 6.08 Å². The van der Waals surface area contributed by atoms with Gasteiger partial charge < -0.3 is 5.32 Å². The predicted octanol–water partition coefficient (Wildman–Crippen LogP) is 3.54. The number of hydrogen-bond donors (Lipinski definition) is 1. The molecule has 0 aliphatic carbocycles. The molecule has 2 aromatic carbocycles. The van der Waals surface area contributed by atoms with E-state index in [4.69, 9.17) is 0 Å². The molecule has 1 N–H and O–H groups in total. The van der Waals surface area contributed by atoms with Crippen molar-refractivity contribution < 1.29 is 13.2 Å². The van der Waals surface area contributed by atoms with Crippen LogP contribution in [-0.2, 0) is 14.8 Å². The summed E-state index contributed by atoms with van der Waals surface area (Å²) in [5, 5.41) is 3.01. The van der Waals surface area contributed by atoms with Crippen LogP contribution in [0.4, 0.5) is 5.69 Å². The molecule has 158 valence electrons. The minimum absolute atomic E-state index is 0.188. The van der Waals surface area contributed by atoms with Crippen molar-refractivity contribution in [2.75, 3.05) is 16.6 Å². The summed E-state index contributed by atoms with van der Waals surface area (Å²) >= 11 is 0. The second-order valence-electron chi connectivity index (χ2n) is 7.27. The number of benzene rings is 2. The van der Waals surface area contributed by atoms with Crippen LogP contribution in [0.1, 0.15) is 29.3 Å². The van der Waals surface area contributed by atoms with Gasteiger partial charge in [0.2, 0.25) is 15.9 Å². The van der Waals surface area contributed by atoms with Crippen molar-refractivity contribution >= 4 is 27.7 Å². The lowest BCUT2D eigenvalue weighted by Gasteiger charge is -2.18. The molecule has 1 fully saturated rings. The third kappa shape index (κ3) is 5.00. The second kappa shape index (κ2) is 9.14. The molecule has 2 heterocycles. The summed E-state index contributed by atoms with van der Waals surface area (Å²) in [6.07, 6.45) is 5.52. The maximum atomic E-state index is 12.6. The molecule has 0 saturated carbocycles. The fourth-order valence-corrected chi connectivity index (χ4v) is 5.13. The minimum Gasteiger partial charge on any atom is -0.340 e. The molecule has 3 aromatic rings. The highest BCUT2D eigenvalue weighted by molar-refractivity contribution is 7.93. The lowest BCUT2D eigenvalue weighted by atomic mass is 10.0. The van der Waals surface area contributed by atoms with E-state index in [1.54, 1.807) is 36.5 Å². The third-order valence-electron chi connectivity index (χ3n) is 5.11. The number of rotatable bonds is 6. The van der Waals surface area contributed by atoms with E-state index in [2.05, 4.69) is 10.3 Å². The Hall–Kier alpha value is -3.45. The van der Waals surface area contributed by atoms with Gasteiger partial charge in [0, 0.05) is 18.8 Å². The zero-order valence-corrected chi connectivity index (χ0v) is 17.7. The van der Waals surface area contributed by atoms with Gasteiger partial charge in [-0.05, 0) is 47.9 Å². The molecule has 1 unspecified atom stereocenters. The van der Waals surface area contributed by atoms with Crippen molar-refractivity contribution in [3.05, 3.63) is 102 Å². The van der Waals surface area contributed by atoms with E-state index in [1.807, 2.05) is 48.5 Å². The van der Waals surface area contributed by atoms with Crippen molar-refractivity contribution in [2.45, 2.75) is 12.5 Å². The topological polar surface area (TPSA) is 79.4 Å². The summed E-state index contributed by atoms with van der Waals surface area (Å²) in [6, 6.07) is 22.1. The van der Waals surface area contributed by atoms with Crippen LogP contribution < -0.4 is 9.62 Å². The van der Waals surface area contributed by atoms with Crippen LogP contribution >= 0.6 is 0 Å². The molecule has 31 heavy (non-hydrogen) atoms. The number of aromatic nitrogens is 1. The Morgan fingerprint density at radius 1 is 1.00 bits per heavy atom. The zero-order chi connectivity index (χ0) is 21.7. The molecule has 1 amide bonds. The number of carbonyl (C=O) groups is 1. The van der Waals surface area contributed by atoms with Gasteiger partial charge in [0.15, 0.2) is 0 Å². The van der Waals surface area contributed by atoms with Gasteiger partial charge in [0.25, 0.3) is 0 Å². The second-order valence-corrected chi connectivity index (χ2v) is 9.29. The number of carbonyl (C=O) groups excluding carboxylic acids is 1. The van der Waals surface area contributed by atoms with Crippen LogP contribution in [0.3, 0.4) is 0 Å². The largest absolute Gasteiger partial charge is 0.340 e. The Morgan fingerprint density at radius 2 is 1.74 bits per heavy atom. The quantitative estimate of drug-likeness (QED) is 0.603. The average Bonchev–Trinajstić information content (AvgIpc) is 3.16. The van der Waals surface area contributed by atoms with Gasteiger partial charge in [-0.15, -0.1) is 0 Å². The molecule has 0 spiro atoms. The predicted molar refractivity (Wildman–Crippen MR) is 122 cm³/mol. The molecular formula is C24H23N3O3S. The first-order valence-corrected chi connectivity index (χ1v) is 11.7. The highest BCUT2D eigenvalue weighted by atomic mass is 32.2. The molecule has 0 bridgehead atoms. The van der Waals surface area contributed by atoms with Gasteiger partial charge in [0.05, 0.1) is 23.2 Å². The first-order valence-electron chi connectivity index (χ1n) is 10.1. The van der Waals surface area contributed by atoms with Gasteiger partial charge in [-0.1, -0.05) is 48.5 Å². The summed E-state index contributed by atoms with van der Waals surface area (Å²) in [5.74, 6) is -0.0565. The van der Waals surface area contributed by atoms with E-state index in [9.17, 15) is 13.2 Å². The number of amides is 1. The lowest BCUT2D eigenvalue weighted by Crippen LogP contribution is -2.28. The molecule has 6 nitrogen and oxygen atoms in total. The Bertz CT molecular complexity index is 1120. The van der Waals surface area contributed by atoms with Crippen LogP contribution in [0.2, 0.25) is 0 Å². The maximum Gasteiger partial charge on any atom is 0.244 e. The van der Waals surface area contributed by atoms with Crippen LogP contribution in [-0.4, -0.2) is 31.6 Å². The lowest BCUT2D eigenvalue weighted by molar-refractivity contribution is -0.116. The number of hydrogen-bond acceptors (Lipinski definition) is 4. The third-order valence-corrected chi connectivity index (χ3v) is 6.98. The summed E-state index contributed by atoms with van der Waals surface area (Å²) in [7, 11) is -3.20. The van der Waals surface area contributed by atoms with Gasteiger partial charge in [-0.2, -0.15) is 0 Å². The Morgan fingerprint density at radius 3 is 2.39 bits per heavy atom. The molecule has 1 aliphatic heterocycles. The molecular weight excluding hydrogens is 410 g/mol. The van der Waals surface area contributed by atoms with Crippen molar-refractivity contribution in [2.24, 2.45) is 0 Å². The molecule has 1 atom stereocenters. The van der Waals surface area contributed by atoms with E-state index in [1.165, 1.54) is 10.4 Å². The fraction of sp³-hybridized carbons (Fsp3) is 0.167. The average molecular weight is 434 g/mol. The SMILES string of the molecule is O=C(/C=C/c1ccc(N2CCCS2(=O)=O)cc1)NC(c1ccccc1)c1ccccn1. The van der Waals surface area contributed by atoms with E-state index in [-0.39, 0.29) is 17.7 Å². The number of nitrogens with one attached hydrogen (secondary N) is 1. The smallest absolute Gasteiger partial charge is 0.244 e. The fourth-order valence-electron chi connectivity index (χ4n) is 3.56. The van der Waals surface area contributed by atoms with E-state index < -0.39 is 10.0 Å². The van der Waals surface area contributed by atoms with Crippen molar-refractivity contribution in [1.29, 1.82) is 0 Å². The van der Waals surface area contributed by atoms with Crippen molar-refractivity contribution in [3.8, 4) is 0 Å². The number of sulfonamides is 1. The Labute approximate surface area is 182 Å². The van der Waals surface area contributed by atoms with Gasteiger partial charge in [0.1, 0.15) is 0 Å². The minimum atomic E-state index is -3.20. The molecule has 1 saturated heterocycles. The Kier molecular flexibility index (Phi) is 6.13. The molecule has 7 heteroatoms. The van der Waals surface area contributed by atoms with Gasteiger partial charge in [-0.25, -0.2) is 8.42 Å². The van der Waals surface area contributed by atoms with Crippen LogP contribution in [0, 0.1) is 0 Å². The van der Waals surface area contributed by atoms with Gasteiger partial charge in [-0.3, -0.25) is 14.1 Å². The summed E-state index contributed by atoms with van der Waals surface area (Å²) in [6.45, 7) is 0.508. The Balaban J connectivity index is 1.47. The van der Waals surface area contributed by atoms with E-state index >= 15 is 0 Å². The zero-order valence-electron chi connectivity index (χ0n) is 16.9. The van der Waals surface area contributed by atoms with Crippen molar-refractivity contribution in [1.82, 2.24) is 10.3 Å². The number of pyridine rings is 1. The maximum absolute atomic E-state index is 12.6. The first kappa shape index (κ1) is 20.8. The molecule has 4 rings (SSSR count). The summed E-state index contributed by atoms with van der Waals surface area (Å²) in [5.41, 5.74) is 3.16. The molecule has 1 aliphatic rings. The summed E-state index contributed by atoms with van der Waals surface area (Å²) in [4.78, 5) is 17.0. The first-order chi connectivity index (χ1) is 15.0. The number of anilines is 1. The highest BCUT2D eigenvalue weighted by Gasteiger charge is 2.28. The normalized spacial score (nSPS) is 16.3. The molecule has 1 aromatic heterocycles.